The van der Waals surface area contributed by atoms with Gasteiger partial charge in [0.1, 0.15) is 6.54 Å². The number of benzene rings is 2. The highest BCUT2D eigenvalue weighted by molar-refractivity contribution is 6.06. The lowest BCUT2D eigenvalue weighted by molar-refractivity contribution is -0.123. The lowest BCUT2D eigenvalue weighted by atomic mass is 10.1. The van der Waals surface area contributed by atoms with Crippen LogP contribution in [-0.2, 0) is 17.8 Å². The number of fused-ring (bicyclic) bond motifs is 2. The number of nitrogens with zero attached hydrogens (tertiary/aromatic N) is 1. The van der Waals surface area contributed by atoms with Gasteiger partial charge in [-0.05, 0) is 17.2 Å². The summed E-state index contributed by atoms with van der Waals surface area (Å²) in [4.78, 5) is 24.2. The first-order valence-corrected chi connectivity index (χ1v) is 8.47. The molecule has 6 nitrogen and oxygen atoms in total. The maximum Gasteiger partial charge on any atom is 0.250 e. The Labute approximate surface area is 150 Å². The van der Waals surface area contributed by atoms with Crippen molar-refractivity contribution in [3.05, 3.63) is 71.4 Å². The largest absolute Gasteiger partial charge is 0.390 e. The maximum atomic E-state index is 12.6. The van der Waals surface area contributed by atoms with Crippen molar-refractivity contribution in [3.63, 3.8) is 0 Å². The Balaban J connectivity index is 1.58. The van der Waals surface area contributed by atoms with Gasteiger partial charge in [-0.3, -0.25) is 9.59 Å². The number of primary amides is 1. The molecular formula is C20H19N3O3. The molecule has 0 aliphatic heterocycles. The molecule has 3 aromatic rings. The first-order chi connectivity index (χ1) is 12.5. The third kappa shape index (κ3) is 2.74. The molecule has 0 bridgehead atoms. The van der Waals surface area contributed by atoms with Crippen LogP contribution >= 0.6 is 0 Å². The third-order valence-electron chi connectivity index (χ3n) is 4.89. The predicted molar refractivity (Wildman–Crippen MR) is 97.5 cm³/mol. The Kier molecular flexibility index (Phi) is 3.97. The standard InChI is InChI=1S/C20H19N3O3/c21-20(26)15-10-23(16-8-4-3-7-14(15)16)11-18(25)22-19-13-6-2-1-5-12(13)9-17(19)24/h1-8,10,17,19,24H,9,11H2,(H2,21,26)(H,22,25)/t17-,19-/m0/s1. The molecule has 1 aliphatic carbocycles. The number of carbonyl (C=O) groups excluding carboxylic acids is 2. The van der Waals surface area contributed by atoms with Gasteiger partial charge in [0.15, 0.2) is 0 Å². The van der Waals surface area contributed by atoms with E-state index in [0.717, 1.165) is 22.0 Å². The van der Waals surface area contributed by atoms with Gasteiger partial charge in [-0.1, -0.05) is 42.5 Å². The average molecular weight is 349 g/mol. The second-order valence-electron chi connectivity index (χ2n) is 6.57. The molecule has 1 heterocycles. The van der Waals surface area contributed by atoms with Gasteiger partial charge < -0.3 is 20.7 Å². The quantitative estimate of drug-likeness (QED) is 0.666. The molecule has 0 saturated carbocycles. The van der Waals surface area contributed by atoms with E-state index in [0.29, 0.717) is 12.0 Å². The molecule has 4 rings (SSSR count). The first kappa shape index (κ1) is 16.4. The number of nitrogens with one attached hydrogen (secondary N) is 1. The highest BCUT2D eigenvalue weighted by atomic mass is 16.3. The van der Waals surface area contributed by atoms with E-state index in [1.54, 1.807) is 16.8 Å². The fourth-order valence-corrected chi connectivity index (χ4v) is 3.70. The minimum atomic E-state index is -0.640. The molecule has 2 atom stereocenters. The van der Waals surface area contributed by atoms with E-state index in [-0.39, 0.29) is 12.5 Å². The lowest BCUT2D eigenvalue weighted by Gasteiger charge is -2.18. The van der Waals surface area contributed by atoms with Crippen molar-refractivity contribution in [2.24, 2.45) is 5.73 Å². The number of amides is 2. The molecular weight excluding hydrogens is 330 g/mol. The van der Waals surface area contributed by atoms with Gasteiger partial charge in [0.25, 0.3) is 5.91 Å². The van der Waals surface area contributed by atoms with Crippen LogP contribution in [0.25, 0.3) is 10.9 Å². The van der Waals surface area contributed by atoms with Crippen molar-refractivity contribution in [1.82, 2.24) is 9.88 Å². The zero-order valence-electron chi connectivity index (χ0n) is 14.1. The monoisotopic (exact) mass is 349 g/mol. The number of hydrogen-bond donors (Lipinski definition) is 3. The maximum absolute atomic E-state index is 12.6. The summed E-state index contributed by atoms with van der Waals surface area (Å²) in [6.07, 6.45) is 1.49. The van der Waals surface area contributed by atoms with Crippen LogP contribution in [0.15, 0.2) is 54.7 Å². The number of hydrogen-bond acceptors (Lipinski definition) is 3. The van der Waals surface area contributed by atoms with E-state index >= 15 is 0 Å². The lowest BCUT2D eigenvalue weighted by Crippen LogP contribution is -2.35. The molecule has 1 aromatic heterocycles. The molecule has 0 unspecified atom stereocenters. The summed E-state index contributed by atoms with van der Waals surface area (Å²) in [7, 11) is 0. The van der Waals surface area contributed by atoms with Crippen LogP contribution in [0, 0.1) is 0 Å². The second kappa shape index (κ2) is 6.31. The molecule has 6 heteroatoms. The van der Waals surface area contributed by atoms with Crippen molar-refractivity contribution in [3.8, 4) is 0 Å². The first-order valence-electron chi connectivity index (χ1n) is 8.47. The van der Waals surface area contributed by atoms with Crippen LogP contribution in [0.4, 0.5) is 0 Å². The molecule has 1 aliphatic rings. The van der Waals surface area contributed by atoms with E-state index in [1.807, 2.05) is 42.5 Å². The summed E-state index contributed by atoms with van der Waals surface area (Å²) in [6.45, 7) is 0.0409. The molecule has 2 amide bonds. The third-order valence-corrected chi connectivity index (χ3v) is 4.89. The topological polar surface area (TPSA) is 97.4 Å². The van der Waals surface area contributed by atoms with E-state index < -0.39 is 18.1 Å². The Morgan fingerprint density at radius 1 is 1.15 bits per heavy atom. The molecule has 0 radical (unpaired) electrons. The normalized spacial score (nSPS) is 18.7. The van der Waals surface area contributed by atoms with E-state index in [1.165, 1.54) is 0 Å². The Hall–Kier alpha value is -3.12. The highest BCUT2D eigenvalue weighted by Gasteiger charge is 2.31. The smallest absolute Gasteiger partial charge is 0.250 e. The molecule has 132 valence electrons. The number of aliphatic hydroxyl groups is 1. The number of aromatic nitrogens is 1. The molecule has 0 fully saturated rings. The van der Waals surface area contributed by atoms with Gasteiger partial charge in [0, 0.05) is 23.5 Å². The summed E-state index contributed by atoms with van der Waals surface area (Å²) in [6, 6.07) is 14.6. The number of para-hydroxylation sites is 1. The van der Waals surface area contributed by atoms with Crippen molar-refractivity contribution in [1.29, 1.82) is 0 Å². The van der Waals surface area contributed by atoms with E-state index in [4.69, 9.17) is 5.73 Å². The van der Waals surface area contributed by atoms with Crippen LogP contribution < -0.4 is 11.1 Å². The van der Waals surface area contributed by atoms with Crippen molar-refractivity contribution < 1.29 is 14.7 Å². The Morgan fingerprint density at radius 2 is 1.88 bits per heavy atom. The fourth-order valence-electron chi connectivity index (χ4n) is 3.70. The van der Waals surface area contributed by atoms with Crippen LogP contribution in [0.2, 0.25) is 0 Å². The average Bonchev–Trinajstić information content (AvgIpc) is 3.14. The van der Waals surface area contributed by atoms with Gasteiger partial charge in [0.2, 0.25) is 5.91 Å². The number of aliphatic hydroxyl groups excluding tert-OH is 1. The van der Waals surface area contributed by atoms with Crippen molar-refractivity contribution >= 4 is 22.7 Å². The highest BCUT2D eigenvalue weighted by Crippen LogP contribution is 2.31. The molecule has 0 spiro atoms. The van der Waals surface area contributed by atoms with Crippen LogP contribution in [0.1, 0.15) is 27.5 Å². The minimum absolute atomic E-state index is 0.0409. The summed E-state index contributed by atoms with van der Waals surface area (Å²) in [5, 5.41) is 13.9. The molecule has 0 saturated heterocycles. The number of carbonyl (C=O) groups is 2. The van der Waals surface area contributed by atoms with Crippen molar-refractivity contribution in [2.75, 3.05) is 0 Å². The molecule has 4 N–H and O–H groups in total. The van der Waals surface area contributed by atoms with Gasteiger partial charge in [0.05, 0.1) is 17.7 Å². The minimum Gasteiger partial charge on any atom is -0.390 e. The van der Waals surface area contributed by atoms with Gasteiger partial charge in [-0.15, -0.1) is 0 Å². The summed E-state index contributed by atoms with van der Waals surface area (Å²) >= 11 is 0. The van der Waals surface area contributed by atoms with Gasteiger partial charge in [-0.25, -0.2) is 0 Å². The SMILES string of the molecule is NC(=O)c1cn(CC(=O)N[C@H]2c3ccccc3C[C@@H]2O)c2ccccc12. The van der Waals surface area contributed by atoms with E-state index in [9.17, 15) is 14.7 Å². The van der Waals surface area contributed by atoms with Gasteiger partial charge in [-0.2, -0.15) is 0 Å². The van der Waals surface area contributed by atoms with E-state index in [2.05, 4.69) is 5.32 Å². The van der Waals surface area contributed by atoms with Crippen LogP contribution in [-0.4, -0.2) is 27.6 Å². The zero-order valence-corrected chi connectivity index (χ0v) is 14.1. The van der Waals surface area contributed by atoms with Gasteiger partial charge >= 0.3 is 0 Å². The Bertz CT molecular complexity index is 1010. The predicted octanol–water partition coefficient (Wildman–Crippen LogP) is 1.51. The summed E-state index contributed by atoms with van der Waals surface area (Å²) < 4.78 is 1.71. The zero-order chi connectivity index (χ0) is 18.3. The van der Waals surface area contributed by atoms with Crippen LogP contribution in [0.5, 0.6) is 0 Å². The van der Waals surface area contributed by atoms with Crippen LogP contribution in [0.3, 0.4) is 0 Å². The number of nitrogens with two attached hydrogens (primary N) is 1. The Morgan fingerprint density at radius 3 is 2.69 bits per heavy atom. The molecule has 2 aromatic carbocycles. The fraction of sp³-hybridized carbons (Fsp3) is 0.200. The number of rotatable bonds is 4. The second-order valence-corrected chi connectivity index (χ2v) is 6.57. The summed E-state index contributed by atoms with van der Waals surface area (Å²) in [5.41, 5.74) is 8.59. The van der Waals surface area contributed by atoms with Crippen molar-refractivity contribution in [2.45, 2.75) is 25.1 Å². The molecule has 26 heavy (non-hydrogen) atoms. The summed E-state index contributed by atoms with van der Waals surface area (Å²) in [5.74, 6) is -0.761.